The quantitative estimate of drug-likeness (QED) is 0.727. The summed E-state index contributed by atoms with van der Waals surface area (Å²) >= 11 is 0. The largest absolute Gasteiger partial charge is 0.321 e. The number of aromatic nitrogens is 1. The molecule has 4 rings (SSSR count). The second kappa shape index (κ2) is 7.98. The molecule has 1 aromatic heterocycles. The van der Waals surface area contributed by atoms with Gasteiger partial charge in [0.15, 0.2) is 6.54 Å². The van der Waals surface area contributed by atoms with Gasteiger partial charge in [-0.05, 0) is 37.1 Å². The van der Waals surface area contributed by atoms with Gasteiger partial charge in [0.25, 0.3) is 11.7 Å². The van der Waals surface area contributed by atoms with E-state index in [-0.39, 0.29) is 5.91 Å². The molecule has 5 heteroatoms. The average Bonchev–Trinajstić information content (AvgIpc) is 2.71. The molecular formula is C23H28N4O+2. The average molecular weight is 377 g/mol. The Bertz CT molecular complexity index is 973. The maximum absolute atomic E-state index is 12.5. The van der Waals surface area contributed by atoms with E-state index in [0.29, 0.717) is 6.54 Å². The van der Waals surface area contributed by atoms with Crippen LogP contribution in [0.4, 0.5) is 11.5 Å². The van der Waals surface area contributed by atoms with Crippen LogP contribution in [0.3, 0.4) is 0 Å². The van der Waals surface area contributed by atoms with Gasteiger partial charge in [0, 0.05) is 17.1 Å². The number of nitrogens with one attached hydrogen (secondary N) is 3. The van der Waals surface area contributed by atoms with Crippen LogP contribution in [0.2, 0.25) is 0 Å². The number of piperazine rings is 1. The summed E-state index contributed by atoms with van der Waals surface area (Å²) in [6.07, 6.45) is 0. The topological polar surface area (TPSA) is 50.9 Å². The van der Waals surface area contributed by atoms with E-state index >= 15 is 0 Å². The van der Waals surface area contributed by atoms with E-state index in [4.69, 9.17) is 0 Å². The van der Waals surface area contributed by atoms with E-state index in [9.17, 15) is 4.79 Å². The molecule has 0 unspecified atom stereocenters. The normalized spacial score (nSPS) is 15.0. The lowest BCUT2D eigenvalue weighted by Crippen LogP contribution is -3.15. The summed E-state index contributed by atoms with van der Waals surface area (Å²) in [5.41, 5.74) is 4.33. The lowest BCUT2D eigenvalue weighted by atomic mass is 10.1. The van der Waals surface area contributed by atoms with Crippen molar-refractivity contribution in [3.63, 3.8) is 0 Å². The molecular weight excluding hydrogens is 348 g/mol. The second-order valence-corrected chi connectivity index (χ2v) is 7.66. The lowest BCUT2D eigenvalue weighted by molar-refractivity contribution is -0.892. The van der Waals surface area contributed by atoms with Crippen molar-refractivity contribution in [2.75, 3.05) is 42.9 Å². The van der Waals surface area contributed by atoms with Crippen molar-refractivity contribution in [2.45, 2.75) is 13.8 Å². The highest BCUT2D eigenvalue weighted by Crippen LogP contribution is 2.19. The molecule has 144 valence electrons. The van der Waals surface area contributed by atoms with Crippen LogP contribution in [-0.4, -0.2) is 38.6 Å². The summed E-state index contributed by atoms with van der Waals surface area (Å²) in [4.78, 5) is 19.8. The molecule has 0 bridgehead atoms. The monoisotopic (exact) mass is 376 g/mol. The highest BCUT2D eigenvalue weighted by molar-refractivity contribution is 5.93. The molecule has 3 N–H and O–H groups in total. The number of pyridine rings is 1. The fourth-order valence-electron chi connectivity index (χ4n) is 3.95. The zero-order valence-electron chi connectivity index (χ0n) is 16.6. The number of carbonyl (C=O) groups is 1. The zero-order valence-corrected chi connectivity index (χ0v) is 16.6. The SMILES string of the molecule is Cc1cccc(C)c1NC(=O)C[NH+]1CCN(c2ccc3ccccc3[nH+]2)CC1. The van der Waals surface area contributed by atoms with Crippen molar-refractivity contribution < 1.29 is 14.7 Å². The molecule has 1 amide bonds. The Morgan fingerprint density at radius 3 is 2.46 bits per heavy atom. The number of H-pyrrole nitrogens is 1. The number of fused-ring (bicyclic) bond motifs is 1. The molecule has 2 heterocycles. The number of quaternary nitrogens is 1. The van der Waals surface area contributed by atoms with Crippen LogP contribution in [0, 0.1) is 13.8 Å². The molecule has 0 atom stereocenters. The van der Waals surface area contributed by atoms with Crippen molar-refractivity contribution in [1.29, 1.82) is 0 Å². The maximum Gasteiger partial charge on any atom is 0.279 e. The van der Waals surface area contributed by atoms with Crippen LogP contribution in [0.1, 0.15) is 11.1 Å². The first-order valence-corrected chi connectivity index (χ1v) is 9.96. The van der Waals surface area contributed by atoms with Gasteiger partial charge in [0.05, 0.1) is 0 Å². The Hall–Kier alpha value is -2.92. The van der Waals surface area contributed by atoms with E-state index < -0.39 is 0 Å². The van der Waals surface area contributed by atoms with Crippen molar-refractivity contribution in [2.24, 2.45) is 0 Å². The molecule has 1 saturated heterocycles. The summed E-state index contributed by atoms with van der Waals surface area (Å²) < 4.78 is 0. The first kappa shape index (κ1) is 18.4. The van der Waals surface area contributed by atoms with E-state index in [0.717, 1.165) is 54.3 Å². The molecule has 1 aliphatic heterocycles. The first-order valence-electron chi connectivity index (χ1n) is 9.96. The number of amides is 1. The minimum Gasteiger partial charge on any atom is -0.321 e. The molecule has 0 saturated carbocycles. The third-order valence-electron chi connectivity index (χ3n) is 5.61. The summed E-state index contributed by atoms with van der Waals surface area (Å²) in [7, 11) is 0. The Labute approximate surface area is 166 Å². The van der Waals surface area contributed by atoms with Gasteiger partial charge < -0.3 is 10.2 Å². The van der Waals surface area contributed by atoms with Gasteiger partial charge in [-0.1, -0.05) is 36.4 Å². The van der Waals surface area contributed by atoms with Gasteiger partial charge in [-0.25, -0.2) is 4.98 Å². The number of aryl methyl sites for hydroxylation is 2. The van der Waals surface area contributed by atoms with E-state index in [2.05, 4.69) is 51.6 Å². The van der Waals surface area contributed by atoms with Gasteiger partial charge in [0.1, 0.15) is 31.7 Å². The standard InChI is InChI=1S/C23H26N4O/c1-17-6-5-7-18(2)23(17)25-22(28)16-26-12-14-27(15-13-26)21-11-10-19-8-3-4-9-20(19)24-21/h3-11H,12-16H2,1-2H3,(H,25,28)/p+2. The van der Waals surface area contributed by atoms with Gasteiger partial charge in [0.2, 0.25) is 0 Å². The number of anilines is 2. The lowest BCUT2D eigenvalue weighted by Gasteiger charge is -2.28. The number of nitrogens with zero attached hydrogens (tertiary/aromatic N) is 1. The Kier molecular flexibility index (Phi) is 5.26. The number of benzene rings is 2. The van der Waals surface area contributed by atoms with E-state index in [1.54, 1.807) is 0 Å². The Morgan fingerprint density at radius 1 is 1.00 bits per heavy atom. The van der Waals surface area contributed by atoms with Crippen LogP contribution in [0.15, 0.2) is 54.6 Å². The highest BCUT2D eigenvalue weighted by Gasteiger charge is 2.27. The minimum absolute atomic E-state index is 0.0955. The zero-order chi connectivity index (χ0) is 19.5. The van der Waals surface area contributed by atoms with Gasteiger partial charge in [-0.2, -0.15) is 0 Å². The van der Waals surface area contributed by atoms with Gasteiger partial charge in [-0.15, -0.1) is 0 Å². The first-order chi connectivity index (χ1) is 13.6. The van der Waals surface area contributed by atoms with Crippen molar-refractivity contribution in [1.82, 2.24) is 0 Å². The molecule has 1 aliphatic rings. The molecule has 5 nitrogen and oxygen atoms in total. The van der Waals surface area contributed by atoms with E-state index in [1.807, 2.05) is 32.0 Å². The molecule has 3 aromatic rings. The summed E-state index contributed by atoms with van der Waals surface area (Å²) in [5.74, 6) is 1.25. The third-order valence-corrected chi connectivity index (χ3v) is 5.61. The minimum atomic E-state index is 0.0955. The third kappa shape index (κ3) is 3.99. The van der Waals surface area contributed by atoms with Crippen LogP contribution < -0.4 is 20.1 Å². The number of hydrogen-bond acceptors (Lipinski definition) is 2. The predicted octanol–water partition coefficient (Wildman–Crippen LogP) is 1.61. The molecule has 0 spiro atoms. The number of carbonyl (C=O) groups excluding carboxylic acids is 1. The smallest absolute Gasteiger partial charge is 0.279 e. The molecule has 0 aliphatic carbocycles. The highest BCUT2D eigenvalue weighted by atomic mass is 16.2. The van der Waals surface area contributed by atoms with Crippen molar-refractivity contribution in [3.05, 3.63) is 65.7 Å². The summed E-state index contributed by atoms with van der Waals surface area (Å²) in [6, 6.07) is 18.8. The fourth-order valence-corrected chi connectivity index (χ4v) is 3.95. The summed E-state index contributed by atoms with van der Waals surface area (Å²) in [5, 5.41) is 4.33. The van der Waals surface area contributed by atoms with Crippen molar-refractivity contribution >= 4 is 28.3 Å². The Balaban J connectivity index is 1.34. The molecule has 0 radical (unpaired) electrons. The van der Waals surface area contributed by atoms with Gasteiger partial charge >= 0.3 is 0 Å². The van der Waals surface area contributed by atoms with E-state index in [1.165, 1.54) is 10.3 Å². The molecule has 2 aromatic carbocycles. The van der Waals surface area contributed by atoms with Crippen LogP contribution >= 0.6 is 0 Å². The molecule has 1 fully saturated rings. The second-order valence-electron chi connectivity index (χ2n) is 7.66. The maximum atomic E-state index is 12.5. The molecule has 28 heavy (non-hydrogen) atoms. The van der Waals surface area contributed by atoms with Gasteiger partial charge in [-0.3, -0.25) is 9.69 Å². The van der Waals surface area contributed by atoms with Crippen LogP contribution in [0.5, 0.6) is 0 Å². The van der Waals surface area contributed by atoms with Crippen LogP contribution in [0.25, 0.3) is 10.9 Å². The van der Waals surface area contributed by atoms with Crippen LogP contribution in [-0.2, 0) is 4.79 Å². The summed E-state index contributed by atoms with van der Waals surface area (Å²) in [6.45, 7) is 8.40. The van der Waals surface area contributed by atoms with Crippen molar-refractivity contribution in [3.8, 4) is 0 Å². The number of hydrogen-bond donors (Lipinski definition) is 2. The number of aromatic amines is 1. The predicted molar refractivity (Wildman–Crippen MR) is 113 cm³/mol. The number of rotatable bonds is 4. The Morgan fingerprint density at radius 2 is 1.71 bits per heavy atom. The number of para-hydroxylation sites is 2. The fraction of sp³-hybridized carbons (Fsp3) is 0.304.